The number of para-hydroxylation sites is 2. The number of nitrogens with one attached hydrogen (secondary N) is 1. The van der Waals surface area contributed by atoms with Gasteiger partial charge in [-0.1, -0.05) is 12.1 Å². The molecule has 1 aliphatic rings. The molecule has 0 atom stereocenters. The molecule has 25 heavy (non-hydrogen) atoms. The second-order valence-corrected chi connectivity index (χ2v) is 7.31. The lowest BCUT2D eigenvalue weighted by Gasteiger charge is -2.30. The highest BCUT2D eigenvalue weighted by molar-refractivity contribution is 7.92. The Labute approximate surface area is 148 Å². The molecule has 134 valence electrons. The molecule has 1 aliphatic heterocycles. The Kier molecular flexibility index (Phi) is 5.45. The van der Waals surface area contributed by atoms with Crippen molar-refractivity contribution in [3.8, 4) is 5.75 Å². The second-order valence-electron chi connectivity index (χ2n) is 5.63. The van der Waals surface area contributed by atoms with Crippen molar-refractivity contribution in [3.05, 3.63) is 48.5 Å². The van der Waals surface area contributed by atoms with Crippen LogP contribution in [0.2, 0.25) is 0 Å². The van der Waals surface area contributed by atoms with Gasteiger partial charge < -0.3 is 14.4 Å². The highest BCUT2D eigenvalue weighted by Crippen LogP contribution is 2.29. The zero-order valence-electron chi connectivity index (χ0n) is 14.1. The Morgan fingerprint density at radius 3 is 2.44 bits per heavy atom. The fourth-order valence-corrected chi connectivity index (χ4v) is 3.80. The molecule has 2 aromatic rings. The monoisotopic (exact) mass is 362 g/mol. The van der Waals surface area contributed by atoms with E-state index in [1.807, 2.05) is 25.1 Å². The van der Waals surface area contributed by atoms with Crippen LogP contribution in [0.4, 0.5) is 11.4 Å². The predicted molar refractivity (Wildman–Crippen MR) is 97.9 cm³/mol. The molecule has 0 unspecified atom stereocenters. The summed E-state index contributed by atoms with van der Waals surface area (Å²) >= 11 is 0. The predicted octanol–water partition coefficient (Wildman–Crippen LogP) is 2.72. The van der Waals surface area contributed by atoms with Gasteiger partial charge in [-0.2, -0.15) is 0 Å². The summed E-state index contributed by atoms with van der Waals surface area (Å²) in [6.45, 7) is 5.18. The van der Waals surface area contributed by atoms with Crippen LogP contribution in [0.25, 0.3) is 0 Å². The van der Waals surface area contributed by atoms with Gasteiger partial charge in [0, 0.05) is 13.1 Å². The number of hydrogen-bond acceptors (Lipinski definition) is 5. The van der Waals surface area contributed by atoms with Gasteiger partial charge in [-0.3, -0.25) is 4.72 Å². The third-order valence-corrected chi connectivity index (χ3v) is 5.33. The summed E-state index contributed by atoms with van der Waals surface area (Å²) < 4.78 is 38.8. The summed E-state index contributed by atoms with van der Waals surface area (Å²) in [6, 6.07) is 13.8. The summed E-state index contributed by atoms with van der Waals surface area (Å²) in [7, 11) is -3.67. The van der Waals surface area contributed by atoms with Crippen molar-refractivity contribution in [2.24, 2.45) is 0 Å². The standard InChI is InChI=1S/C18H22N2O4S/c1-2-24-15-7-9-16(10-8-15)25(21,22)19-17-5-3-4-6-18(17)20-11-13-23-14-12-20/h3-10,19H,2,11-14H2,1H3. The lowest BCUT2D eigenvalue weighted by Crippen LogP contribution is -2.36. The lowest BCUT2D eigenvalue weighted by molar-refractivity contribution is 0.123. The quantitative estimate of drug-likeness (QED) is 0.856. The summed E-state index contributed by atoms with van der Waals surface area (Å²) in [5.41, 5.74) is 1.43. The highest BCUT2D eigenvalue weighted by Gasteiger charge is 2.19. The molecule has 0 aliphatic carbocycles. The van der Waals surface area contributed by atoms with Crippen molar-refractivity contribution in [2.45, 2.75) is 11.8 Å². The fourth-order valence-electron chi connectivity index (χ4n) is 2.73. The number of sulfonamides is 1. The minimum Gasteiger partial charge on any atom is -0.494 e. The molecule has 0 saturated carbocycles. The molecule has 0 spiro atoms. The number of morpholine rings is 1. The summed E-state index contributed by atoms with van der Waals surface area (Å²) in [5.74, 6) is 0.648. The van der Waals surface area contributed by atoms with Gasteiger partial charge in [0.15, 0.2) is 0 Å². The molecule has 3 rings (SSSR count). The van der Waals surface area contributed by atoms with Crippen molar-refractivity contribution in [1.29, 1.82) is 0 Å². The third-order valence-electron chi connectivity index (χ3n) is 3.95. The first-order valence-electron chi connectivity index (χ1n) is 8.27. The summed E-state index contributed by atoms with van der Waals surface area (Å²) in [5, 5.41) is 0. The van der Waals surface area contributed by atoms with E-state index in [2.05, 4.69) is 9.62 Å². The zero-order valence-corrected chi connectivity index (χ0v) is 15.0. The van der Waals surface area contributed by atoms with Crippen LogP contribution in [0.5, 0.6) is 5.75 Å². The van der Waals surface area contributed by atoms with Gasteiger partial charge in [0.25, 0.3) is 10.0 Å². The van der Waals surface area contributed by atoms with E-state index in [4.69, 9.17) is 9.47 Å². The number of anilines is 2. The Hall–Kier alpha value is -2.25. The Morgan fingerprint density at radius 1 is 1.08 bits per heavy atom. The minimum atomic E-state index is -3.67. The van der Waals surface area contributed by atoms with Gasteiger partial charge in [0.2, 0.25) is 0 Å². The van der Waals surface area contributed by atoms with Crippen molar-refractivity contribution in [2.75, 3.05) is 42.5 Å². The van der Waals surface area contributed by atoms with Gasteiger partial charge in [-0.05, 0) is 43.3 Å². The van der Waals surface area contributed by atoms with E-state index < -0.39 is 10.0 Å². The molecule has 0 bridgehead atoms. The molecule has 0 radical (unpaired) electrons. The van der Waals surface area contributed by atoms with Crippen molar-refractivity contribution < 1.29 is 17.9 Å². The normalized spacial score (nSPS) is 15.0. The Bertz CT molecular complexity index is 800. The molecular weight excluding hydrogens is 340 g/mol. The number of rotatable bonds is 6. The van der Waals surface area contributed by atoms with E-state index in [0.717, 1.165) is 18.8 Å². The molecule has 6 nitrogen and oxygen atoms in total. The van der Waals surface area contributed by atoms with Crippen LogP contribution < -0.4 is 14.4 Å². The van der Waals surface area contributed by atoms with E-state index in [-0.39, 0.29) is 4.90 Å². The van der Waals surface area contributed by atoms with Crippen molar-refractivity contribution >= 4 is 21.4 Å². The maximum atomic E-state index is 12.7. The van der Waals surface area contributed by atoms with Crippen molar-refractivity contribution in [3.63, 3.8) is 0 Å². The van der Waals surface area contributed by atoms with Crippen LogP contribution in [-0.2, 0) is 14.8 Å². The van der Waals surface area contributed by atoms with Gasteiger partial charge in [-0.15, -0.1) is 0 Å². The molecule has 0 amide bonds. The zero-order chi connectivity index (χ0) is 17.7. The average Bonchev–Trinajstić information content (AvgIpc) is 2.63. The molecule has 7 heteroatoms. The Morgan fingerprint density at radius 2 is 1.76 bits per heavy atom. The van der Waals surface area contributed by atoms with Gasteiger partial charge in [0.1, 0.15) is 5.75 Å². The van der Waals surface area contributed by atoms with Crippen LogP contribution in [-0.4, -0.2) is 41.3 Å². The van der Waals surface area contributed by atoms with Crippen LogP contribution >= 0.6 is 0 Å². The highest BCUT2D eigenvalue weighted by atomic mass is 32.2. The SMILES string of the molecule is CCOc1ccc(S(=O)(=O)Nc2ccccc2N2CCOCC2)cc1. The smallest absolute Gasteiger partial charge is 0.261 e. The number of benzene rings is 2. The topological polar surface area (TPSA) is 67.9 Å². The molecule has 1 N–H and O–H groups in total. The van der Waals surface area contributed by atoms with E-state index in [0.29, 0.717) is 31.3 Å². The maximum Gasteiger partial charge on any atom is 0.261 e. The fraction of sp³-hybridized carbons (Fsp3) is 0.333. The van der Waals surface area contributed by atoms with E-state index in [9.17, 15) is 8.42 Å². The molecular formula is C18H22N2O4S. The summed E-state index contributed by atoms with van der Waals surface area (Å²) in [6.07, 6.45) is 0. The summed E-state index contributed by atoms with van der Waals surface area (Å²) in [4.78, 5) is 2.33. The average molecular weight is 362 g/mol. The van der Waals surface area contributed by atoms with Crippen LogP contribution in [0.1, 0.15) is 6.92 Å². The van der Waals surface area contributed by atoms with Crippen LogP contribution in [0.3, 0.4) is 0 Å². The minimum absolute atomic E-state index is 0.202. The van der Waals surface area contributed by atoms with Crippen LogP contribution in [0, 0.1) is 0 Å². The number of nitrogens with zero attached hydrogens (tertiary/aromatic N) is 1. The first kappa shape index (κ1) is 17.6. The van der Waals surface area contributed by atoms with E-state index >= 15 is 0 Å². The number of ether oxygens (including phenoxy) is 2. The maximum absolute atomic E-state index is 12.7. The van der Waals surface area contributed by atoms with Crippen molar-refractivity contribution in [1.82, 2.24) is 0 Å². The van der Waals surface area contributed by atoms with E-state index in [1.165, 1.54) is 0 Å². The molecule has 1 fully saturated rings. The van der Waals surface area contributed by atoms with E-state index in [1.54, 1.807) is 30.3 Å². The molecule has 2 aromatic carbocycles. The first-order valence-corrected chi connectivity index (χ1v) is 9.76. The molecule has 0 aromatic heterocycles. The molecule has 1 saturated heterocycles. The molecule has 1 heterocycles. The third kappa shape index (κ3) is 4.24. The van der Waals surface area contributed by atoms with Gasteiger partial charge in [-0.25, -0.2) is 8.42 Å². The lowest BCUT2D eigenvalue weighted by atomic mass is 10.2. The number of hydrogen-bond donors (Lipinski definition) is 1. The first-order chi connectivity index (χ1) is 12.1. The van der Waals surface area contributed by atoms with Gasteiger partial charge >= 0.3 is 0 Å². The van der Waals surface area contributed by atoms with Crippen LogP contribution in [0.15, 0.2) is 53.4 Å². The van der Waals surface area contributed by atoms with Gasteiger partial charge in [0.05, 0.1) is 36.1 Å². The largest absolute Gasteiger partial charge is 0.494 e. The second kappa shape index (κ2) is 7.76. The Balaban J connectivity index is 1.83.